The van der Waals surface area contributed by atoms with Gasteiger partial charge in [0.1, 0.15) is 5.82 Å². The molecule has 1 aromatic rings. The highest BCUT2D eigenvalue weighted by atomic mass is 16.4. The summed E-state index contributed by atoms with van der Waals surface area (Å²) in [5.41, 5.74) is 0.652. The van der Waals surface area contributed by atoms with E-state index in [1.54, 1.807) is 13.0 Å². The maximum absolute atomic E-state index is 10.8. The van der Waals surface area contributed by atoms with Crippen molar-refractivity contribution >= 4 is 17.7 Å². The second kappa shape index (κ2) is 5.83. The maximum atomic E-state index is 10.8. The van der Waals surface area contributed by atoms with Gasteiger partial charge in [-0.25, -0.2) is 9.78 Å². The summed E-state index contributed by atoms with van der Waals surface area (Å²) in [7, 11) is 0. The number of hydrogen-bond acceptors (Lipinski definition) is 4. The van der Waals surface area contributed by atoms with Gasteiger partial charge in [-0.1, -0.05) is 0 Å². The molecule has 0 aliphatic rings. The second-order valence-corrected chi connectivity index (χ2v) is 3.54. The van der Waals surface area contributed by atoms with E-state index in [0.717, 1.165) is 0 Å². The molecule has 3 N–H and O–H groups in total. The first-order chi connectivity index (χ1) is 8.00. The average molecular weight is 237 g/mol. The van der Waals surface area contributed by atoms with Crippen molar-refractivity contribution in [2.75, 3.05) is 18.4 Å². The number of carboxylic acid groups (broad SMARTS) is 1. The molecule has 6 heteroatoms. The van der Waals surface area contributed by atoms with Gasteiger partial charge in [-0.3, -0.25) is 4.79 Å². The largest absolute Gasteiger partial charge is 0.478 e. The van der Waals surface area contributed by atoms with Crippen molar-refractivity contribution in [3.63, 3.8) is 0 Å². The number of carbonyl (C=O) groups is 2. The highest BCUT2D eigenvalue weighted by molar-refractivity contribution is 5.89. The topological polar surface area (TPSA) is 91.3 Å². The van der Waals surface area contributed by atoms with Crippen LogP contribution in [0, 0.1) is 6.92 Å². The molecule has 0 spiro atoms. The van der Waals surface area contributed by atoms with Gasteiger partial charge in [0.15, 0.2) is 0 Å². The summed E-state index contributed by atoms with van der Waals surface area (Å²) in [6, 6.07) is 3.11. The molecule has 1 heterocycles. The van der Waals surface area contributed by atoms with Crippen LogP contribution in [0.5, 0.6) is 0 Å². The number of nitrogens with one attached hydrogen (secondary N) is 2. The Morgan fingerprint density at radius 1 is 1.35 bits per heavy atom. The standard InChI is InChI=1S/C11H15N3O3/c1-7-9(11(16)17)3-4-10(14-7)13-6-5-12-8(2)15/h3-4H,5-6H2,1-2H3,(H,12,15)(H,13,14)(H,16,17). The Hall–Kier alpha value is -2.11. The Bertz CT molecular complexity index is 432. The van der Waals surface area contributed by atoms with E-state index in [4.69, 9.17) is 5.11 Å². The molecule has 92 valence electrons. The average Bonchev–Trinajstić information content (AvgIpc) is 2.23. The number of nitrogens with zero attached hydrogens (tertiary/aromatic N) is 1. The first-order valence-electron chi connectivity index (χ1n) is 5.20. The Morgan fingerprint density at radius 2 is 2.06 bits per heavy atom. The van der Waals surface area contributed by atoms with Gasteiger partial charge < -0.3 is 15.7 Å². The predicted octanol–water partition coefficient (Wildman–Crippen LogP) is 0.636. The monoisotopic (exact) mass is 237 g/mol. The fraction of sp³-hybridized carbons (Fsp3) is 0.364. The highest BCUT2D eigenvalue weighted by Crippen LogP contribution is 2.09. The van der Waals surface area contributed by atoms with Gasteiger partial charge in [-0.05, 0) is 19.1 Å². The Labute approximate surface area is 99.1 Å². The van der Waals surface area contributed by atoms with Crippen molar-refractivity contribution in [2.24, 2.45) is 0 Å². The number of anilines is 1. The molecule has 6 nitrogen and oxygen atoms in total. The molecule has 1 amide bonds. The van der Waals surface area contributed by atoms with Crippen LogP contribution in [0.25, 0.3) is 0 Å². The molecule has 0 atom stereocenters. The molecule has 0 saturated carbocycles. The third-order valence-corrected chi connectivity index (χ3v) is 2.12. The van der Waals surface area contributed by atoms with Crippen LogP contribution in [-0.2, 0) is 4.79 Å². The van der Waals surface area contributed by atoms with Gasteiger partial charge in [0.2, 0.25) is 5.91 Å². The quantitative estimate of drug-likeness (QED) is 0.653. The number of hydrogen-bond donors (Lipinski definition) is 3. The number of amides is 1. The fourth-order valence-corrected chi connectivity index (χ4v) is 1.31. The number of carboxylic acids is 1. The summed E-state index contributed by atoms with van der Waals surface area (Å²) in [5, 5.41) is 14.4. The number of aromatic carboxylic acids is 1. The van der Waals surface area contributed by atoms with E-state index in [-0.39, 0.29) is 11.5 Å². The van der Waals surface area contributed by atoms with Gasteiger partial charge in [-0.15, -0.1) is 0 Å². The summed E-state index contributed by atoms with van der Waals surface area (Å²) < 4.78 is 0. The van der Waals surface area contributed by atoms with Gasteiger partial charge >= 0.3 is 5.97 Å². The van der Waals surface area contributed by atoms with Gasteiger partial charge in [-0.2, -0.15) is 0 Å². The van der Waals surface area contributed by atoms with E-state index in [9.17, 15) is 9.59 Å². The van der Waals surface area contributed by atoms with Crippen LogP contribution in [0.2, 0.25) is 0 Å². The lowest BCUT2D eigenvalue weighted by atomic mass is 10.2. The summed E-state index contributed by atoms with van der Waals surface area (Å²) in [5.74, 6) is -0.477. The summed E-state index contributed by atoms with van der Waals surface area (Å²) in [6.07, 6.45) is 0. The van der Waals surface area contributed by atoms with Gasteiger partial charge in [0.05, 0.1) is 11.3 Å². The minimum Gasteiger partial charge on any atom is -0.478 e. The van der Waals surface area contributed by atoms with Crippen molar-refractivity contribution in [3.05, 3.63) is 23.4 Å². The minimum atomic E-state index is -0.986. The lowest BCUT2D eigenvalue weighted by Crippen LogP contribution is -2.26. The molecule has 0 aromatic carbocycles. The van der Waals surface area contributed by atoms with E-state index < -0.39 is 5.97 Å². The molecule has 1 rings (SSSR count). The summed E-state index contributed by atoms with van der Waals surface area (Å²) in [4.78, 5) is 25.5. The van der Waals surface area contributed by atoms with E-state index >= 15 is 0 Å². The van der Waals surface area contributed by atoms with Crippen molar-refractivity contribution in [2.45, 2.75) is 13.8 Å². The van der Waals surface area contributed by atoms with Crippen LogP contribution >= 0.6 is 0 Å². The van der Waals surface area contributed by atoms with Crippen molar-refractivity contribution in [1.82, 2.24) is 10.3 Å². The van der Waals surface area contributed by atoms with E-state index in [0.29, 0.717) is 24.6 Å². The maximum Gasteiger partial charge on any atom is 0.337 e. The third-order valence-electron chi connectivity index (χ3n) is 2.12. The number of carbonyl (C=O) groups excluding carboxylic acids is 1. The van der Waals surface area contributed by atoms with E-state index in [2.05, 4.69) is 15.6 Å². The third kappa shape index (κ3) is 4.10. The van der Waals surface area contributed by atoms with Crippen LogP contribution in [-0.4, -0.2) is 35.1 Å². The first kappa shape index (κ1) is 13.0. The Morgan fingerprint density at radius 3 is 2.59 bits per heavy atom. The zero-order chi connectivity index (χ0) is 12.8. The molecule has 0 aliphatic heterocycles. The van der Waals surface area contributed by atoms with Crippen LogP contribution in [0.1, 0.15) is 23.0 Å². The molecular formula is C11H15N3O3. The first-order valence-corrected chi connectivity index (χ1v) is 5.20. The lowest BCUT2D eigenvalue weighted by Gasteiger charge is -2.07. The molecular weight excluding hydrogens is 222 g/mol. The molecule has 1 aromatic heterocycles. The second-order valence-electron chi connectivity index (χ2n) is 3.54. The molecule has 0 radical (unpaired) electrons. The van der Waals surface area contributed by atoms with E-state index in [1.807, 2.05) is 0 Å². The van der Waals surface area contributed by atoms with Crippen LogP contribution in [0.15, 0.2) is 12.1 Å². The van der Waals surface area contributed by atoms with Gasteiger partial charge in [0.25, 0.3) is 0 Å². The van der Waals surface area contributed by atoms with E-state index in [1.165, 1.54) is 13.0 Å². The molecule has 0 aliphatic carbocycles. The molecule has 0 saturated heterocycles. The van der Waals surface area contributed by atoms with Crippen molar-refractivity contribution in [3.8, 4) is 0 Å². The van der Waals surface area contributed by atoms with Crippen LogP contribution in [0.4, 0.5) is 5.82 Å². The lowest BCUT2D eigenvalue weighted by molar-refractivity contribution is -0.118. The SMILES string of the molecule is CC(=O)NCCNc1ccc(C(=O)O)c(C)n1. The Balaban J connectivity index is 2.53. The summed E-state index contributed by atoms with van der Waals surface area (Å²) >= 11 is 0. The molecule has 0 bridgehead atoms. The number of pyridine rings is 1. The smallest absolute Gasteiger partial charge is 0.337 e. The van der Waals surface area contributed by atoms with Crippen LogP contribution < -0.4 is 10.6 Å². The number of aryl methyl sites for hydroxylation is 1. The predicted molar refractivity (Wildman–Crippen MR) is 63.1 cm³/mol. The zero-order valence-electron chi connectivity index (χ0n) is 9.78. The minimum absolute atomic E-state index is 0.0860. The zero-order valence-corrected chi connectivity index (χ0v) is 9.78. The molecule has 0 unspecified atom stereocenters. The summed E-state index contributed by atoms with van der Waals surface area (Å²) in [6.45, 7) is 4.13. The number of aromatic nitrogens is 1. The highest BCUT2D eigenvalue weighted by Gasteiger charge is 2.08. The van der Waals surface area contributed by atoms with Crippen LogP contribution in [0.3, 0.4) is 0 Å². The molecule has 0 fully saturated rings. The van der Waals surface area contributed by atoms with Crippen molar-refractivity contribution < 1.29 is 14.7 Å². The fourth-order valence-electron chi connectivity index (χ4n) is 1.31. The normalized spacial score (nSPS) is 9.76. The van der Waals surface area contributed by atoms with Gasteiger partial charge in [0, 0.05) is 20.0 Å². The number of rotatable bonds is 5. The van der Waals surface area contributed by atoms with Crippen molar-refractivity contribution in [1.29, 1.82) is 0 Å². The Kier molecular flexibility index (Phi) is 4.45. The molecule has 17 heavy (non-hydrogen) atoms.